The summed E-state index contributed by atoms with van der Waals surface area (Å²) < 4.78 is 0. The molecule has 1 saturated heterocycles. The van der Waals surface area contributed by atoms with Crippen LogP contribution in [-0.4, -0.2) is 21.9 Å². The zero-order valence-corrected chi connectivity index (χ0v) is 16.6. The molecule has 7 heteroatoms. The molecular weight excluding hydrogens is 406 g/mol. The molecule has 3 aromatic rings. The van der Waals surface area contributed by atoms with Gasteiger partial charge >= 0.3 is 0 Å². The molecule has 2 amide bonds. The van der Waals surface area contributed by atoms with E-state index in [-0.39, 0.29) is 10.7 Å². The van der Waals surface area contributed by atoms with Gasteiger partial charge in [0.1, 0.15) is 5.57 Å². The second-order valence-corrected chi connectivity index (χ2v) is 7.10. The van der Waals surface area contributed by atoms with Gasteiger partial charge in [-0.1, -0.05) is 35.9 Å². The first-order chi connectivity index (χ1) is 14.0. The van der Waals surface area contributed by atoms with E-state index in [4.69, 9.17) is 23.8 Å². The summed E-state index contributed by atoms with van der Waals surface area (Å²) in [6, 6.07) is 19.7. The number of hydrogen-bond donors (Lipinski definition) is 1. The fraction of sp³-hybridized carbons (Fsp3) is 0. The van der Waals surface area contributed by atoms with Gasteiger partial charge in [-0.15, -0.1) is 0 Å². The van der Waals surface area contributed by atoms with Crippen molar-refractivity contribution in [3.63, 3.8) is 0 Å². The number of benzene rings is 2. The monoisotopic (exact) mass is 419 g/mol. The minimum atomic E-state index is -0.534. The number of nitrogens with one attached hydrogen (secondary N) is 1. The van der Waals surface area contributed by atoms with E-state index in [0.29, 0.717) is 16.3 Å². The second-order valence-electron chi connectivity index (χ2n) is 6.27. The van der Waals surface area contributed by atoms with Crippen LogP contribution in [0.25, 0.3) is 17.3 Å². The molecular formula is C22H14ClN3O2S. The number of hydrogen-bond acceptors (Lipinski definition) is 4. The Morgan fingerprint density at radius 2 is 1.79 bits per heavy atom. The molecule has 1 N–H and O–H groups in total. The summed E-state index contributed by atoms with van der Waals surface area (Å²) in [5, 5.41) is 3.14. The second kappa shape index (κ2) is 7.95. The first kappa shape index (κ1) is 19.0. The van der Waals surface area contributed by atoms with Crippen LogP contribution in [0.1, 0.15) is 5.56 Å². The van der Waals surface area contributed by atoms with Crippen LogP contribution < -0.4 is 10.2 Å². The SMILES string of the molecule is O=C1NC(=S)N(c2ccc(Cl)cc2)C(=O)/C1=C\c1cccc(-c2ccccn2)c1. The summed E-state index contributed by atoms with van der Waals surface area (Å²) in [7, 11) is 0. The van der Waals surface area contributed by atoms with Gasteiger partial charge in [0, 0.05) is 16.8 Å². The van der Waals surface area contributed by atoms with Gasteiger partial charge < -0.3 is 0 Å². The molecule has 4 rings (SSSR count). The number of rotatable bonds is 3. The van der Waals surface area contributed by atoms with Gasteiger partial charge in [-0.25, -0.2) is 0 Å². The molecule has 5 nitrogen and oxygen atoms in total. The Morgan fingerprint density at radius 3 is 2.52 bits per heavy atom. The first-order valence-electron chi connectivity index (χ1n) is 8.71. The third-order valence-electron chi connectivity index (χ3n) is 4.34. The van der Waals surface area contributed by atoms with E-state index in [1.807, 2.05) is 42.5 Å². The fourth-order valence-electron chi connectivity index (χ4n) is 2.97. The molecule has 0 unspecified atom stereocenters. The van der Waals surface area contributed by atoms with Crippen LogP contribution in [-0.2, 0) is 9.59 Å². The number of aromatic nitrogens is 1. The number of carbonyl (C=O) groups is 2. The van der Waals surface area contributed by atoms with Crippen LogP contribution in [0.3, 0.4) is 0 Å². The molecule has 142 valence electrons. The summed E-state index contributed by atoms with van der Waals surface area (Å²) >= 11 is 11.1. The van der Waals surface area contributed by atoms with E-state index >= 15 is 0 Å². The van der Waals surface area contributed by atoms with E-state index in [1.54, 1.807) is 36.5 Å². The van der Waals surface area contributed by atoms with Gasteiger partial charge in [-0.3, -0.25) is 24.8 Å². The maximum Gasteiger partial charge on any atom is 0.270 e. The van der Waals surface area contributed by atoms with Gasteiger partial charge in [0.05, 0.1) is 11.4 Å². The van der Waals surface area contributed by atoms with Crippen LogP contribution in [0.4, 0.5) is 5.69 Å². The molecule has 2 aromatic carbocycles. The Balaban J connectivity index is 1.71. The lowest BCUT2D eigenvalue weighted by Gasteiger charge is -2.29. The van der Waals surface area contributed by atoms with E-state index in [9.17, 15) is 9.59 Å². The molecule has 1 aliphatic rings. The van der Waals surface area contributed by atoms with Gasteiger partial charge in [0.2, 0.25) is 0 Å². The highest BCUT2D eigenvalue weighted by molar-refractivity contribution is 7.80. The molecule has 0 radical (unpaired) electrons. The van der Waals surface area contributed by atoms with E-state index < -0.39 is 11.8 Å². The highest BCUT2D eigenvalue weighted by Crippen LogP contribution is 2.25. The minimum Gasteiger partial charge on any atom is -0.298 e. The van der Waals surface area contributed by atoms with Crippen LogP contribution >= 0.6 is 23.8 Å². The van der Waals surface area contributed by atoms with Crippen LogP contribution in [0.5, 0.6) is 0 Å². The number of anilines is 1. The van der Waals surface area contributed by atoms with E-state index in [1.165, 1.54) is 4.90 Å². The predicted octanol–water partition coefficient (Wildman–Crippen LogP) is 4.23. The maximum absolute atomic E-state index is 13.1. The van der Waals surface area contributed by atoms with Crippen molar-refractivity contribution in [2.24, 2.45) is 0 Å². The maximum atomic E-state index is 13.1. The number of thiocarbonyl (C=S) groups is 1. The molecule has 0 atom stereocenters. The van der Waals surface area contributed by atoms with Crippen molar-refractivity contribution < 1.29 is 9.59 Å². The van der Waals surface area contributed by atoms with Gasteiger partial charge in [0.25, 0.3) is 11.8 Å². The molecule has 2 heterocycles. The molecule has 1 aromatic heterocycles. The molecule has 29 heavy (non-hydrogen) atoms. The number of pyridine rings is 1. The number of carbonyl (C=O) groups excluding carboxylic acids is 2. The van der Waals surface area contributed by atoms with Crippen LogP contribution in [0.2, 0.25) is 5.02 Å². The average Bonchev–Trinajstić information content (AvgIpc) is 2.73. The lowest BCUT2D eigenvalue weighted by molar-refractivity contribution is -0.122. The van der Waals surface area contributed by atoms with Crippen molar-refractivity contribution >= 4 is 52.5 Å². The van der Waals surface area contributed by atoms with Crippen LogP contribution in [0, 0.1) is 0 Å². The van der Waals surface area contributed by atoms with Crippen molar-refractivity contribution in [2.75, 3.05) is 4.90 Å². The summed E-state index contributed by atoms with van der Waals surface area (Å²) in [6.07, 6.45) is 3.26. The summed E-state index contributed by atoms with van der Waals surface area (Å²) in [5.74, 6) is -1.03. The zero-order chi connectivity index (χ0) is 20.4. The van der Waals surface area contributed by atoms with Crippen molar-refractivity contribution in [2.45, 2.75) is 0 Å². The number of halogens is 1. The third kappa shape index (κ3) is 3.94. The van der Waals surface area contributed by atoms with Gasteiger partial charge in [0.15, 0.2) is 5.11 Å². The molecule has 0 saturated carbocycles. The molecule has 0 spiro atoms. The van der Waals surface area contributed by atoms with Crippen LogP contribution in [0.15, 0.2) is 78.5 Å². The molecule has 0 bridgehead atoms. The average molecular weight is 420 g/mol. The minimum absolute atomic E-state index is 0.00767. The van der Waals surface area contributed by atoms with E-state index in [2.05, 4.69) is 10.3 Å². The standard InChI is InChI=1S/C22H14ClN3O2S/c23-16-7-9-17(10-8-16)26-21(28)18(20(27)25-22(26)29)13-14-4-3-5-15(12-14)19-6-1-2-11-24-19/h1-13H,(H,25,27,29)/b18-13-. The van der Waals surface area contributed by atoms with Crippen molar-refractivity contribution in [1.29, 1.82) is 0 Å². The van der Waals surface area contributed by atoms with Crippen molar-refractivity contribution in [3.05, 3.63) is 89.1 Å². The quantitative estimate of drug-likeness (QED) is 0.392. The Bertz CT molecular complexity index is 1140. The Hall–Kier alpha value is -3.35. The predicted molar refractivity (Wildman–Crippen MR) is 117 cm³/mol. The Kier molecular flexibility index (Phi) is 5.20. The van der Waals surface area contributed by atoms with Gasteiger partial charge in [-0.2, -0.15) is 0 Å². The number of amides is 2. The normalized spacial score (nSPS) is 15.6. The highest BCUT2D eigenvalue weighted by Gasteiger charge is 2.34. The smallest absolute Gasteiger partial charge is 0.270 e. The lowest BCUT2D eigenvalue weighted by atomic mass is 10.0. The fourth-order valence-corrected chi connectivity index (χ4v) is 3.38. The Labute approximate surface area is 177 Å². The topological polar surface area (TPSA) is 62.3 Å². The van der Waals surface area contributed by atoms with E-state index in [0.717, 1.165) is 11.3 Å². The molecule has 1 aliphatic heterocycles. The summed E-state index contributed by atoms with van der Waals surface area (Å²) in [5.41, 5.74) is 2.91. The van der Waals surface area contributed by atoms with Gasteiger partial charge in [-0.05, 0) is 66.3 Å². The summed E-state index contributed by atoms with van der Waals surface area (Å²) in [6.45, 7) is 0. The zero-order valence-electron chi connectivity index (χ0n) is 15.0. The lowest BCUT2D eigenvalue weighted by Crippen LogP contribution is -2.54. The third-order valence-corrected chi connectivity index (χ3v) is 4.88. The molecule has 1 fully saturated rings. The first-order valence-corrected chi connectivity index (χ1v) is 9.50. The highest BCUT2D eigenvalue weighted by atomic mass is 35.5. The summed E-state index contributed by atoms with van der Waals surface area (Å²) in [4.78, 5) is 31.1. The molecule has 0 aliphatic carbocycles. The largest absolute Gasteiger partial charge is 0.298 e. The van der Waals surface area contributed by atoms with Crippen molar-refractivity contribution in [3.8, 4) is 11.3 Å². The van der Waals surface area contributed by atoms with Crippen molar-refractivity contribution in [1.82, 2.24) is 10.3 Å². The number of nitrogens with zero attached hydrogens (tertiary/aromatic N) is 2. The Morgan fingerprint density at radius 1 is 1.00 bits per heavy atom.